The molecule has 0 aromatic heterocycles. The second kappa shape index (κ2) is 8.52. The third-order valence-electron chi connectivity index (χ3n) is 3.59. The van der Waals surface area contributed by atoms with E-state index in [2.05, 4.69) is 18.7 Å². The summed E-state index contributed by atoms with van der Waals surface area (Å²) in [5.41, 5.74) is 7.54. The highest BCUT2D eigenvalue weighted by molar-refractivity contribution is 5.96. The van der Waals surface area contributed by atoms with Gasteiger partial charge in [-0.15, -0.1) is 0 Å². The SMILES string of the molecule is CCOC(=O)c1cc(N(CCO)C(CC)CC)ccc1N. The monoisotopic (exact) mass is 294 g/mol. The Morgan fingerprint density at radius 1 is 1.33 bits per heavy atom. The summed E-state index contributed by atoms with van der Waals surface area (Å²) in [6.45, 7) is 6.90. The van der Waals surface area contributed by atoms with E-state index in [1.165, 1.54) is 0 Å². The number of aliphatic hydroxyl groups excluding tert-OH is 1. The van der Waals surface area contributed by atoms with Crippen molar-refractivity contribution < 1.29 is 14.6 Å². The molecule has 1 rings (SSSR count). The van der Waals surface area contributed by atoms with Crippen LogP contribution < -0.4 is 10.6 Å². The number of benzene rings is 1. The Hall–Kier alpha value is -1.75. The number of carbonyl (C=O) groups excluding carboxylic acids is 1. The van der Waals surface area contributed by atoms with Crippen molar-refractivity contribution in [1.82, 2.24) is 0 Å². The summed E-state index contributed by atoms with van der Waals surface area (Å²) in [6.07, 6.45) is 1.94. The van der Waals surface area contributed by atoms with E-state index in [0.717, 1.165) is 18.5 Å². The number of nitrogens with zero attached hydrogens (tertiary/aromatic N) is 1. The van der Waals surface area contributed by atoms with Gasteiger partial charge in [-0.1, -0.05) is 13.8 Å². The summed E-state index contributed by atoms with van der Waals surface area (Å²) >= 11 is 0. The topological polar surface area (TPSA) is 75.8 Å². The van der Waals surface area contributed by atoms with Crippen LogP contribution in [0.3, 0.4) is 0 Å². The second-order valence-electron chi connectivity index (χ2n) is 4.88. The Kier molecular flexibility index (Phi) is 7.02. The van der Waals surface area contributed by atoms with Crippen LogP contribution in [0.2, 0.25) is 0 Å². The molecular formula is C16H26N2O3. The average molecular weight is 294 g/mol. The van der Waals surface area contributed by atoms with E-state index in [4.69, 9.17) is 10.5 Å². The van der Waals surface area contributed by atoms with Gasteiger partial charge in [0.2, 0.25) is 0 Å². The van der Waals surface area contributed by atoms with Crippen molar-refractivity contribution in [3.63, 3.8) is 0 Å². The van der Waals surface area contributed by atoms with Crippen molar-refractivity contribution in [3.05, 3.63) is 23.8 Å². The summed E-state index contributed by atoms with van der Waals surface area (Å²) in [7, 11) is 0. The average Bonchev–Trinajstić information content (AvgIpc) is 2.48. The fraction of sp³-hybridized carbons (Fsp3) is 0.562. The molecule has 0 saturated carbocycles. The fourth-order valence-corrected chi connectivity index (χ4v) is 2.47. The van der Waals surface area contributed by atoms with Gasteiger partial charge in [0, 0.05) is 24.0 Å². The van der Waals surface area contributed by atoms with E-state index in [0.29, 0.717) is 30.4 Å². The molecule has 5 heteroatoms. The van der Waals surface area contributed by atoms with Crippen molar-refractivity contribution in [1.29, 1.82) is 0 Å². The van der Waals surface area contributed by atoms with Crippen LogP contribution in [0.4, 0.5) is 11.4 Å². The van der Waals surface area contributed by atoms with E-state index < -0.39 is 5.97 Å². The summed E-state index contributed by atoms with van der Waals surface area (Å²) in [6, 6.07) is 5.66. The molecule has 5 nitrogen and oxygen atoms in total. The molecule has 0 heterocycles. The predicted molar refractivity (Wildman–Crippen MR) is 85.6 cm³/mol. The number of ether oxygens (including phenoxy) is 1. The molecule has 0 spiro atoms. The van der Waals surface area contributed by atoms with Gasteiger partial charge in [-0.2, -0.15) is 0 Å². The minimum absolute atomic E-state index is 0.0651. The number of hydrogen-bond acceptors (Lipinski definition) is 5. The third kappa shape index (κ3) is 4.36. The minimum Gasteiger partial charge on any atom is -0.462 e. The highest BCUT2D eigenvalue weighted by Crippen LogP contribution is 2.25. The Labute approximate surface area is 126 Å². The lowest BCUT2D eigenvalue weighted by atomic mass is 10.1. The molecule has 1 aromatic carbocycles. The fourth-order valence-electron chi connectivity index (χ4n) is 2.47. The first kappa shape index (κ1) is 17.3. The van der Waals surface area contributed by atoms with Gasteiger partial charge in [0.25, 0.3) is 0 Å². The molecule has 0 saturated heterocycles. The van der Waals surface area contributed by atoms with Gasteiger partial charge < -0.3 is 20.5 Å². The first-order valence-electron chi connectivity index (χ1n) is 7.53. The van der Waals surface area contributed by atoms with Crippen LogP contribution in [0.5, 0.6) is 0 Å². The molecule has 0 amide bonds. The molecule has 0 aliphatic rings. The van der Waals surface area contributed by atoms with E-state index in [1.807, 2.05) is 6.07 Å². The minimum atomic E-state index is -0.412. The lowest BCUT2D eigenvalue weighted by Crippen LogP contribution is -2.37. The maximum atomic E-state index is 11.9. The summed E-state index contributed by atoms with van der Waals surface area (Å²) in [4.78, 5) is 14.1. The van der Waals surface area contributed by atoms with E-state index >= 15 is 0 Å². The summed E-state index contributed by atoms with van der Waals surface area (Å²) in [5, 5.41) is 9.30. The van der Waals surface area contributed by atoms with E-state index in [9.17, 15) is 9.90 Å². The number of nitrogens with two attached hydrogens (primary N) is 1. The van der Waals surface area contributed by atoms with Gasteiger partial charge in [-0.05, 0) is 38.0 Å². The first-order valence-corrected chi connectivity index (χ1v) is 7.53. The lowest BCUT2D eigenvalue weighted by molar-refractivity contribution is 0.0527. The molecule has 3 N–H and O–H groups in total. The Morgan fingerprint density at radius 2 is 2.00 bits per heavy atom. The number of hydrogen-bond donors (Lipinski definition) is 2. The van der Waals surface area contributed by atoms with E-state index in [1.54, 1.807) is 19.1 Å². The first-order chi connectivity index (χ1) is 10.1. The van der Waals surface area contributed by atoms with Crippen LogP contribution in [-0.2, 0) is 4.74 Å². The molecule has 0 radical (unpaired) electrons. The van der Waals surface area contributed by atoms with Crippen molar-refractivity contribution >= 4 is 17.3 Å². The number of esters is 1. The Bertz CT molecular complexity index is 459. The van der Waals surface area contributed by atoms with Crippen LogP contribution in [0, 0.1) is 0 Å². The predicted octanol–water partition coefficient (Wildman–Crippen LogP) is 2.43. The molecule has 21 heavy (non-hydrogen) atoms. The molecule has 0 aliphatic carbocycles. The number of nitrogen functional groups attached to an aromatic ring is 1. The summed E-state index contributed by atoms with van der Waals surface area (Å²) < 4.78 is 5.03. The number of carbonyl (C=O) groups is 1. The summed E-state index contributed by atoms with van der Waals surface area (Å²) in [5.74, 6) is -0.412. The zero-order chi connectivity index (χ0) is 15.8. The molecule has 0 fully saturated rings. The largest absolute Gasteiger partial charge is 0.462 e. The Morgan fingerprint density at radius 3 is 2.52 bits per heavy atom. The van der Waals surface area contributed by atoms with Gasteiger partial charge >= 0.3 is 5.97 Å². The third-order valence-corrected chi connectivity index (χ3v) is 3.59. The number of aliphatic hydroxyl groups is 1. The molecule has 0 bridgehead atoms. The maximum Gasteiger partial charge on any atom is 0.340 e. The van der Waals surface area contributed by atoms with Crippen LogP contribution >= 0.6 is 0 Å². The van der Waals surface area contributed by atoms with Gasteiger partial charge in [-0.3, -0.25) is 0 Å². The molecular weight excluding hydrogens is 268 g/mol. The number of anilines is 2. The van der Waals surface area contributed by atoms with Crippen molar-refractivity contribution in [2.75, 3.05) is 30.4 Å². The highest BCUT2D eigenvalue weighted by Gasteiger charge is 2.18. The molecule has 1 aromatic rings. The van der Waals surface area contributed by atoms with Crippen LogP contribution in [0.15, 0.2) is 18.2 Å². The van der Waals surface area contributed by atoms with E-state index in [-0.39, 0.29) is 6.61 Å². The van der Waals surface area contributed by atoms with Crippen molar-refractivity contribution in [3.8, 4) is 0 Å². The zero-order valence-corrected chi connectivity index (χ0v) is 13.1. The standard InChI is InChI=1S/C16H26N2O3/c1-4-12(5-2)18(9-10-19)13-7-8-15(17)14(11-13)16(20)21-6-3/h7-8,11-12,19H,4-6,9-10,17H2,1-3H3. The van der Waals surface area contributed by atoms with Crippen LogP contribution in [0.25, 0.3) is 0 Å². The van der Waals surface area contributed by atoms with Crippen LogP contribution in [-0.4, -0.2) is 36.9 Å². The highest BCUT2D eigenvalue weighted by atomic mass is 16.5. The molecule has 0 unspecified atom stereocenters. The van der Waals surface area contributed by atoms with Gasteiger partial charge in [0.15, 0.2) is 0 Å². The zero-order valence-electron chi connectivity index (χ0n) is 13.1. The normalized spacial score (nSPS) is 10.7. The van der Waals surface area contributed by atoms with Crippen molar-refractivity contribution in [2.45, 2.75) is 39.7 Å². The quantitative estimate of drug-likeness (QED) is 0.569. The molecule has 118 valence electrons. The van der Waals surface area contributed by atoms with Crippen LogP contribution in [0.1, 0.15) is 44.0 Å². The maximum absolute atomic E-state index is 11.9. The number of rotatable bonds is 8. The molecule has 0 aliphatic heterocycles. The van der Waals surface area contributed by atoms with Gasteiger partial charge in [0.05, 0.1) is 18.8 Å². The molecule has 0 atom stereocenters. The van der Waals surface area contributed by atoms with Gasteiger partial charge in [0.1, 0.15) is 0 Å². The Balaban J connectivity index is 3.14. The second-order valence-corrected chi connectivity index (χ2v) is 4.88. The van der Waals surface area contributed by atoms with Crippen molar-refractivity contribution in [2.24, 2.45) is 0 Å². The van der Waals surface area contributed by atoms with Gasteiger partial charge in [-0.25, -0.2) is 4.79 Å². The lowest BCUT2D eigenvalue weighted by Gasteiger charge is -2.32. The smallest absolute Gasteiger partial charge is 0.340 e.